The van der Waals surface area contributed by atoms with Crippen LogP contribution in [0.25, 0.3) is 17.7 Å². The van der Waals surface area contributed by atoms with E-state index in [0.29, 0.717) is 12.3 Å². The molecule has 152 valence electrons. The lowest BCUT2D eigenvalue weighted by molar-refractivity contribution is -0.294. The van der Waals surface area contributed by atoms with E-state index in [1.54, 1.807) is 16.6 Å². The van der Waals surface area contributed by atoms with Crippen LogP contribution in [0.5, 0.6) is 11.5 Å². The normalized spacial score (nSPS) is 14.4. The zero-order valence-corrected chi connectivity index (χ0v) is 16.4. The van der Waals surface area contributed by atoms with Crippen LogP contribution < -0.4 is 10.5 Å². The lowest BCUT2D eigenvalue weighted by Crippen LogP contribution is -2.09. The highest BCUT2D eigenvalue weighted by atomic mass is 19.0. The van der Waals surface area contributed by atoms with E-state index in [0.717, 1.165) is 40.2 Å². The molecule has 2 aromatic rings. The lowest BCUT2D eigenvalue weighted by Gasteiger charge is -2.07. The van der Waals surface area contributed by atoms with Crippen molar-refractivity contribution in [1.82, 2.24) is 4.98 Å². The molecule has 2 radical (unpaired) electrons. The fourth-order valence-electron chi connectivity index (χ4n) is 3.16. The Kier molecular flexibility index (Phi) is 8.60. The van der Waals surface area contributed by atoms with Crippen LogP contribution in [-0.4, -0.2) is 42.4 Å². The summed E-state index contributed by atoms with van der Waals surface area (Å²) in [5, 5.41) is 9.90. The number of aromatic amines is 1. The van der Waals surface area contributed by atoms with Gasteiger partial charge in [-0.05, 0) is 55.3 Å². The third-order valence-electron chi connectivity index (χ3n) is 4.48. The van der Waals surface area contributed by atoms with Crippen molar-refractivity contribution in [2.45, 2.75) is 13.3 Å². The SMILES string of the molecule is F.F.[B][N+]1=CC=CC1=C(CCN)c1[nH]c(/C=C/c2ccc(OC)c(O)c2)cc1C. The van der Waals surface area contributed by atoms with Crippen LogP contribution in [0.2, 0.25) is 0 Å². The van der Waals surface area contributed by atoms with Crippen molar-refractivity contribution in [2.75, 3.05) is 13.7 Å². The van der Waals surface area contributed by atoms with E-state index in [2.05, 4.69) is 18.0 Å². The number of phenolic OH excluding ortho intramolecular Hbond substituents is 1. The predicted octanol–water partition coefficient (Wildman–Crippen LogP) is 3.31. The van der Waals surface area contributed by atoms with Gasteiger partial charge in [0.25, 0.3) is 0 Å². The molecule has 0 saturated heterocycles. The maximum absolute atomic E-state index is 9.90. The molecule has 3 rings (SSSR count). The molecule has 1 aromatic carbocycles. The summed E-state index contributed by atoms with van der Waals surface area (Å²) in [4.78, 5) is 3.45. The van der Waals surface area contributed by atoms with Crippen LogP contribution in [0, 0.1) is 6.92 Å². The van der Waals surface area contributed by atoms with Crippen molar-refractivity contribution in [2.24, 2.45) is 5.73 Å². The molecule has 0 amide bonds. The molecule has 2 heterocycles. The minimum absolute atomic E-state index is 0. The van der Waals surface area contributed by atoms with Gasteiger partial charge >= 0.3 is 7.98 Å². The molecule has 0 bridgehead atoms. The van der Waals surface area contributed by atoms with Crippen LogP contribution in [0.1, 0.15) is 28.9 Å². The van der Waals surface area contributed by atoms with E-state index < -0.39 is 0 Å². The first-order valence-electron chi connectivity index (χ1n) is 8.77. The highest BCUT2D eigenvalue weighted by Gasteiger charge is 2.20. The quantitative estimate of drug-likeness (QED) is 0.652. The van der Waals surface area contributed by atoms with Crippen LogP contribution in [0.15, 0.2) is 42.1 Å². The minimum Gasteiger partial charge on any atom is -0.504 e. The molecule has 0 unspecified atom stereocenters. The molecule has 29 heavy (non-hydrogen) atoms. The number of H-pyrrole nitrogens is 1. The number of halogens is 2. The number of nitrogens with one attached hydrogen (secondary N) is 1. The Hall–Kier alpha value is -3.13. The summed E-state index contributed by atoms with van der Waals surface area (Å²) in [6.07, 6.45) is 10.4. The smallest absolute Gasteiger partial charge is 0.504 e. The van der Waals surface area contributed by atoms with Gasteiger partial charge in [-0.1, -0.05) is 12.1 Å². The number of phenols is 1. The van der Waals surface area contributed by atoms with Gasteiger partial charge in [-0.3, -0.25) is 13.9 Å². The Morgan fingerprint density at radius 2 is 2.03 bits per heavy atom. The number of aromatic nitrogens is 1. The number of aromatic hydroxyl groups is 1. The van der Waals surface area contributed by atoms with E-state index in [9.17, 15) is 5.11 Å². The van der Waals surface area contributed by atoms with Crippen molar-refractivity contribution in [3.05, 3.63) is 64.6 Å². The van der Waals surface area contributed by atoms with Gasteiger partial charge in [-0.2, -0.15) is 0 Å². The number of nitrogens with two attached hydrogens (primary N) is 1. The van der Waals surface area contributed by atoms with Crippen LogP contribution in [-0.2, 0) is 0 Å². The van der Waals surface area contributed by atoms with Gasteiger partial charge in [-0.25, -0.2) is 0 Å². The minimum atomic E-state index is 0. The number of allylic oxidation sites excluding steroid dienone is 2. The molecule has 1 aliphatic rings. The van der Waals surface area contributed by atoms with Crippen LogP contribution >= 0.6 is 0 Å². The maximum atomic E-state index is 9.90. The second kappa shape index (κ2) is 10.4. The molecular weight excluding hydrogens is 375 g/mol. The van der Waals surface area contributed by atoms with Crippen molar-refractivity contribution < 1.29 is 23.7 Å². The number of aryl methyl sites for hydroxylation is 1. The average Bonchev–Trinajstić information content (AvgIpc) is 3.23. The molecule has 0 saturated carbocycles. The fourth-order valence-corrected chi connectivity index (χ4v) is 3.16. The first kappa shape index (κ1) is 23.9. The Labute approximate surface area is 170 Å². The second-order valence-corrected chi connectivity index (χ2v) is 6.37. The number of methoxy groups -OCH3 is 1. The summed E-state index contributed by atoms with van der Waals surface area (Å²) >= 11 is 0. The van der Waals surface area contributed by atoms with E-state index in [1.807, 2.05) is 36.6 Å². The van der Waals surface area contributed by atoms with Crippen molar-refractivity contribution >= 4 is 31.9 Å². The summed E-state index contributed by atoms with van der Waals surface area (Å²) in [6.45, 7) is 2.60. The van der Waals surface area contributed by atoms with Crippen molar-refractivity contribution in [3.8, 4) is 11.5 Å². The topological polar surface area (TPSA) is 74.3 Å². The molecule has 0 atom stereocenters. The Balaban J connectivity index is 0.00000210. The van der Waals surface area contributed by atoms with E-state index >= 15 is 0 Å². The highest BCUT2D eigenvalue weighted by Crippen LogP contribution is 2.29. The lowest BCUT2D eigenvalue weighted by atomic mass is 10.0. The molecule has 0 aliphatic carbocycles. The maximum Gasteiger partial charge on any atom is 0.586 e. The van der Waals surface area contributed by atoms with Gasteiger partial charge in [0.1, 0.15) is 6.21 Å². The summed E-state index contributed by atoms with van der Waals surface area (Å²) in [7, 11) is 7.56. The second-order valence-electron chi connectivity index (χ2n) is 6.37. The van der Waals surface area contributed by atoms with Gasteiger partial charge in [0.15, 0.2) is 17.2 Å². The van der Waals surface area contributed by atoms with E-state index in [-0.39, 0.29) is 15.2 Å². The van der Waals surface area contributed by atoms with Gasteiger partial charge < -0.3 is 20.6 Å². The molecule has 0 fully saturated rings. The largest absolute Gasteiger partial charge is 0.586 e. The number of ether oxygens (including phenoxy) is 1. The molecule has 1 aromatic heterocycles. The summed E-state index contributed by atoms with van der Waals surface area (Å²) in [5.74, 6) is 0.571. The fraction of sp³-hybridized carbons (Fsp3) is 0.190. The zero-order valence-electron chi connectivity index (χ0n) is 16.4. The third kappa shape index (κ3) is 5.23. The standard InChI is InChI=1S/C21H23BN3O2.2FH/c1-14-12-16(7-5-15-6-8-20(27-2)19(26)13-15)24-21(14)17(9-10-23)18-4-3-11-25(18)22;;/h3-8,11-13,24,26H,9-10,23H2,1-2H3;2*1H/q+1;;/b7-5+;;. The summed E-state index contributed by atoms with van der Waals surface area (Å²) < 4.78 is 6.68. The molecule has 1 aliphatic heterocycles. The summed E-state index contributed by atoms with van der Waals surface area (Å²) in [6, 6.07) is 7.37. The first-order valence-corrected chi connectivity index (χ1v) is 8.77. The Morgan fingerprint density at radius 1 is 1.28 bits per heavy atom. The van der Waals surface area contributed by atoms with E-state index in [4.69, 9.17) is 18.5 Å². The molecule has 5 nitrogen and oxygen atoms in total. The number of hydrogen-bond acceptors (Lipinski definition) is 3. The van der Waals surface area contributed by atoms with Crippen LogP contribution in [0.3, 0.4) is 0 Å². The average molecular weight is 400 g/mol. The monoisotopic (exact) mass is 400 g/mol. The van der Waals surface area contributed by atoms with Crippen molar-refractivity contribution in [3.63, 3.8) is 0 Å². The van der Waals surface area contributed by atoms with Crippen LogP contribution in [0.4, 0.5) is 9.41 Å². The molecule has 4 N–H and O–H groups in total. The van der Waals surface area contributed by atoms with Gasteiger partial charge in [0.2, 0.25) is 0 Å². The molecular formula is C21H25BF2N3O2+. The highest BCUT2D eigenvalue weighted by molar-refractivity contribution is 6.01. The first-order chi connectivity index (χ1) is 13.0. The number of nitrogens with zero attached hydrogens (tertiary/aromatic N) is 1. The summed E-state index contributed by atoms with van der Waals surface area (Å²) in [5.41, 5.74) is 11.8. The number of hydrogen-bond donors (Lipinski definition) is 3. The van der Waals surface area contributed by atoms with Crippen molar-refractivity contribution in [1.29, 1.82) is 0 Å². The Bertz CT molecular complexity index is 978. The third-order valence-corrected chi connectivity index (χ3v) is 4.48. The zero-order chi connectivity index (χ0) is 19.4. The van der Waals surface area contributed by atoms with Gasteiger partial charge in [0, 0.05) is 23.4 Å². The van der Waals surface area contributed by atoms with E-state index in [1.165, 1.54) is 7.11 Å². The van der Waals surface area contributed by atoms with Gasteiger partial charge in [-0.15, -0.1) is 0 Å². The molecule has 0 spiro atoms. The number of rotatable bonds is 6. The van der Waals surface area contributed by atoms with Gasteiger partial charge in [0.05, 0.1) is 12.8 Å². The molecule has 8 heteroatoms. The number of benzene rings is 1. The predicted molar refractivity (Wildman–Crippen MR) is 116 cm³/mol. The Morgan fingerprint density at radius 3 is 2.62 bits per heavy atom.